The molecule has 3 amide bonds. The molecule has 2 aliphatic rings. The standard InChI is InChI=1S/C17H26N4O2S/c1-13(22)20-10-7-15(8-11-20)21(14-5-3-2-4-6-14)17(23)19-16-18-9-12-24-16/h9,12,14-15H,2-8,10-11H2,1H3,(H,18,19,23). The van der Waals surface area contributed by atoms with Crippen molar-refractivity contribution in [2.45, 2.75) is 64.0 Å². The van der Waals surface area contributed by atoms with Gasteiger partial charge >= 0.3 is 6.03 Å². The van der Waals surface area contributed by atoms with Crippen LogP contribution in [0, 0.1) is 0 Å². The van der Waals surface area contributed by atoms with Gasteiger partial charge in [-0.3, -0.25) is 10.1 Å². The zero-order valence-electron chi connectivity index (χ0n) is 14.2. The Balaban J connectivity index is 1.69. The van der Waals surface area contributed by atoms with Crippen molar-refractivity contribution in [3.8, 4) is 0 Å². The Morgan fingerprint density at radius 3 is 2.42 bits per heavy atom. The molecule has 24 heavy (non-hydrogen) atoms. The van der Waals surface area contributed by atoms with E-state index in [0.717, 1.165) is 38.8 Å². The van der Waals surface area contributed by atoms with Crippen LogP contribution < -0.4 is 5.32 Å². The van der Waals surface area contributed by atoms with E-state index < -0.39 is 0 Å². The van der Waals surface area contributed by atoms with E-state index in [2.05, 4.69) is 15.2 Å². The number of likely N-dealkylation sites (tertiary alicyclic amines) is 1. The normalized spacial score (nSPS) is 20.0. The van der Waals surface area contributed by atoms with Gasteiger partial charge in [0.15, 0.2) is 5.13 Å². The number of nitrogens with zero attached hydrogens (tertiary/aromatic N) is 3. The van der Waals surface area contributed by atoms with E-state index in [1.165, 1.54) is 30.6 Å². The number of amides is 3. The summed E-state index contributed by atoms with van der Waals surface area (Å²) in [5, 5.41) is 5.49. The van der Waals surface area contributed by atoms with Gasteiger partial charge in [0.2, 0.25) is 5.91 Å². The first-order valence-corrected chi connectivity index (χ1v) is 9.77. The maximum atomic E-state index is 12.9. The highest BCUT2D eigenvalue weighted by atomic mass is 32.1. The van der Waals surface area contributed by atoms with E-state index in [0.29, 0.717) is 11.2 Å². The summed E-state index contributed by atoms with van der Waals surface area (Å²) in [5.41, 5.74) is 0. The van der Waals surface area contributed by atoms with Crippen LogP contribution in [0.1, 0.15) is 51.9 Å². The molecule has 0 aromatic carbocycles. The van der Waals surface area contributed by atoms with Crippen LogP contribution in [0.15, 0.2) is 11.6 Å². The molecule has 2 heterocycles. The van der Waals surface area contributed by atoms with Crippen molar-refractivity contribution in [1.29, 1.82) is 0 Å². The Morgan fingerprint density at radius 1 is 1.17 bits per heavy atom. The van der Waals surface area contributed by atoms with Gasteiger partial charge in [-0.25, -0.2) is 9.78 Å². The Bertz CT molecular complexity index is 549. The summed E-state index contributed by atoms with van der Waals surface area (Å²) in [6, 6.07) is 0.495. The van der Waals surface area contributed by atoms with Crippen LogP contribution in [0.5, 0.6) is 0 Å². The molecule has 2 fully saturated rings. The number of nitrogens with one attached hydrogen (secondary N) is 1. The second-order valence-corrected chi connectivity index (χ2v) is 7.60. The van der Waals surface area contributed by atoms with Crippen LogP contribution >= 0.6 is 11.3 Å². The molecule has 0 bridgehead atoms. The van der Waals surface area contributed by atoms with Gasteiger partial charge in [0.25, 0.3) is 0 Å². The molecule has 1 aromatic heterocycles. The third-order valence-corrected chi connectivity index (χ3v) is 5.84. The maximum Gasteiger partial charge on any atom is 0.324 e. The lowest BCUT2D eigenvalue weighted by atomic mass is 9.91. The van der Waals surface area contributed by atoms with Gasteiger partial charge in [0.1, 0.15) is 0 Å². The Morgan fingerprint density at radius 2 is 1.83 bits per heavy atom. The first-order valence-electron chi connectivity index (χ1n) is 8.89. The lowest BCUT2D eigenvalue weighted by Gasteiger charge is -2.43. The highest BCUT2D eigenvalue weighted by Gasteiger charge is 2.34. The number of thiazole rings is 1. The molecule has 1 saturated heterocycles. The Labute approximate surface area is 147 Å². The summed E-state index contributed by atoms with van der Waals surface area (Å²) in [5.74, 6) is 0.130. The number of hydrogen-bond donors (Lipinski definition) is 1. The number of hydrogen-bond acceptors (Lipinski definition) is 4. The molecular weight excluding hydrogens is 324 g/mol. The molecule has 0 radical (unpaired) electrons. The molecule has 1 N–H and O–H groups in total. The Hall–Kier alpha value is -1.63. The first kappa shape index (κ1) is 17.2. The fourth-order valence-corrected chi connectivity index (χ4v) is 4.41. The highest BCUT2D eigenvalue weighted by molar-refractivity contribution is 7.13. The van der Waals surface area contributed by atoms with E-state index >= 15 is 0 Å². The van der Waals surface area contributed by atoms with Gasteiger partial charge in [0, 0.05) is 43.7 Å². The largest absolute Gasteiger partial charge is 0.343 e. The van der Waals surface area contributed by atoms with Crippen LogP contribution in [0.4, 0.5) is 9.93 Å². The second kappa shape index (κ2) is 7.96. The topological polar surface area (TPSA) is 65.5 Å². The molecule has 6 nitrogen and oxygen atoms in total. The predicted octanol–water partition coefficient (Wildman–Crippen LogP) is 3.32. The molecule has 1 aliphatic carbocycles. The van der Waals surface area contributed by atoms with Crippen molar-refractivity contribution >= 4 is 28.4 Å². The maximum absolute atomic E-state index is 12.9. The van der Waals surface area contributed by atoms with Gasteiger partial charge in [-0.05, 0) is 25.7 Å². The molecule has 132 valence electrons. The van der Waals surface area contributed by atoms with E-state index in [4.69, 9.17) is 0 Å². The number of carbonyl (C=O) groups excluding carboxylic acids is 2. The van der Waals surface area contributed by atoms with Crippen molar-refractivity contribution in [2.75, 3.05) is 18.4 Å². The Kier molecular flexibility index (Phi) is 5.71. The zero-order valence-corrected chi connectivity index (χ0v) is 15.1. The minimum Gasteiger partial charge on any atom is -0.343 e. The molecule has 7 heteroatoms. The van der Waals surface area contributed by atoms with Crippen LogP contribution in [-0.4, -0.2) is 51.9 Å². The minimum atomic E-state index is -0.0295. The molecule has 1 saturated carbocycles. The van der Waals surface area contributed by atoms with Crippen molar-refractivity contribution < 1.29 is 9.59 Å². The number of carbonyl (C=O) groups is 2. The van der Waals surface area contributed by atoms with Gasteiger partial charge in [-0.1, -0.05) is 19.3 Å². The monoisotopic (exact) mass is 350 g/mol. The highest BCUT2D eigenvalue weighted by Crippen LogP contribution is 2.29. The molecule has 3 rings (SSSR count). The SMILES string of the molecule is CC(=O)N1CCC(N(C(=O)Nc2nccs2)C2CCCCC2)CC1. The van der Waals surface area contributed by atoms with Crippen molar-refractivity contribution in [3.05, 3.63) is 11.6 Å². The van der Waals surface area contributed by atoms with Crippen molar-refractivity contribution in [3.63, 3.8) is 0 Å². The fraction of sp³-hybridized carbons (Fsp3) is 0.706. The lowest BCUT2D eigenvalue weighted by Crippen LogP contribution is -2.54. The van der Waals surface area contributed by atoms with Gasteiger partial charge in [-0.15, -0.1) is 11.3 Å². The third-order valence-electron chi connectivity index (χ3n) is 5.15. The predicted molar refractivity (Wildman–Crippen MR) is 95.1 cm³/mol. The number of aromatic nitrogens is 1. The number of anilines is 1. The fourth-order valence-electron chi connectivity index (χ4n) is 3.89. The lowest BCUT2D eigenvalue weighted by molar-refractivity contribution is -0.130. The van der Waals surface area contributed by atoms with Crippen LogP contribution in [0.2, 0.25) is 0 Å². The average Bonchev–Trinajstić information content (AvgIpc) is 3.09. The van der Waals surface area contributed by atoms with E-state index in [1.807, 2.05) is 10.3 Å². The summed E-state index contributed by atoms with van der Waals surface area (Å²) in [7, 11) is 0. The van der Waals surface area contributed by atoms with Crippen molar-refractivity contribution in [2.24, 2.45) is 0 Å². The van der Waals surface area contributed by atoms with E-state index in [1.54, 1.807) is 13.1 Å². The average molecular weight is 350 g/mol. The molecule has 0 unspecified atom stereocenters. The quantitative estimate of drug-likeness (QED) is 0.909. The van der Waals surface area contributed by atoms with Crippen LogP contribution in [0.25, 0.3) is 0 Å². The minimum absolute atomic E-state index is 0.0295. The van der Waals surface area contributed by atoms with Gasteiger partial charge < -0.3 is 9.80 Å². The molecular formula is C17H26N4O2S. The van der Waals surface area contributed by atoms with E-state index in [9.17, 15) is 9.59 Å². The summed E-state index contributed by atoms with van der Waals surface area (Å²) in [6.45, 7) is 3.11. The molecule has 0 atom stereocenters. The number of rotatable bonds is 3. The smallest absolute Gasteiger partial charge is 0.324 e. The van der Waals surface area contributed by atoms with Gasteiger partial charge in [0.05, 0.1) is 0 Å². The van der Waals surface area contributed by atoms with Crippen molar-refractivity contribution in [1.82, 2.24) is 14.8 Å². The number of urea groups is 1. The van der Waals surface area contributed by atoms with E-state index in [-0.39, 0.29) is 18.0 Å². The summed E-state index contributed by atoms with van der Waals surface area (Å²) < 4.78 is 0. The molecule has 1 aliphatic heterocycles. The number of piperidine rings is 1. The summed E-state index contributed by atoms with van der Waals surface area (Å²) >= 11 is 1.44. The first-order chi connectivity index (χ1) is 11.6. The summed E-state index contributed by atoms with van der Waals surface area (Å²) in [6.07, 6.45) is 9.24. The summed E-state index contributed by atoms with van der Waals surface area (Å²) in [4.78, 5) is 32.6. The second-order valence-electron chi connectivity index (χ2n) is 6.70. The van der Waals surface area contributed by atoms with Crippen LogP contribution in [-0.2, 0) is 4.79 Å². The van der Waals surface area contributed by atoms with Gasteiger partial charge in [-0.2, -0.15) is 0 Å². The molecule has 0 spiro atoms. The van der Waals surface area contributed by atoms with Crippen LogP contribution in [0.3, 0.4) is 0 Å². The zero-order chi connectivity index (χ0) is 16.9. The molecule has 1 aromatic rings. The third kappa shape index (κ3) is 4.06.